The number of cyclic esters (lactones) is 3. The molecule has 0 amide bonds. The number of carbonyl (C=O) groups is 9. The highest BCUT2D eigenvalue weighted by atomic mass is 16.6. The van der Waals surface area contributed by atoms with Crippen LogP contribution in [-0.2, 0) is 76.3 Å². The van der Waals surface area contributed by atoms with Gasteiger partial charge < -0.3 is 48.5 Å². The van der Waals surface area contributed by atoms with Crippen LogP contribution >= 0.6 is 0 Å². The Bertz CT molecular complexity index is 1170. The predicted molar refractivity (Wildman–Crippen MR) is 188 cm³/mol. The average Bonchev–Trinajstić information content (AvgIpc) is 2.94. The predicted octanol–water partition coefficient (Wildman–Crippen LogP) is 2.97. The fourth-order valence-corrected chi connectivity index (χ4v) is 4.32. The van der Waals surface area contributed by atoms with Crippen LogP contribution in [0.2, 0.25) is 0 Å². The van der Waals surface area contributed by atoms with Crippen LogP contribution in [0, 0.1) is 0 Å². The lowest BCUT2D eigenvalue weighted by Gasteiger charge is -2.20. The van der Waals surface area contributed by atoms with Crippen molar-refractivity contribution in [1.29, 1.82) is 0 Å². The first-order valence-electron chi connectivity index (χ1n) is 17.9. The van der Waals surface area contributed by atoms with Gasteiger partial charge in [-0.05, 0) is 61.8 Å². The van der Waals surface area contributed by atoms with Crippen LogP contribution in [0.1, 0.15) is 127 Å². The van der Waals surface area contributed by atoms with E-state index in [1.54, 1.807) is 27.7 Å². The second-order valence-corrected chi connectivity index (χ2v) is 13.1. The molecule has 0 unspecified atom stereocenters. The van der Waals surface area contributed by atoms with Gasteiger partial charge in [0.05, 0.1) is 57.5 Å². The normalized spacial score (nSPS) is 20.0. The van der Waals surface area contributed by atoms with Crippen LogP contribution in [-0.4, -0.2) is 118 Å². The molecule has 0 bridgehead atoms. The molecule has 316 valence electrons. The molecule has 1 aliphatic rings. The van der Waals surface area contributed by atoms with Gasteiger partial charge in [-0.2, -0.15) is 0 Å². The van der Waals surface area contributed by atoms with E-state index in [1.807, 2.05) is 6.92 Å². The van der Waals surface area contributed by atoms with Crippen molar-refractivity contribution in [2.75, 3.05) is 0 Å². The van der Waals surface area contributed by atoms with E-state index in [0.717, 1.165) is 0 Å². The van der Waals surface area contributed by atoms with E-state index in [9.17, 15) is 43.2 Å². The maximum Gasteiger partial charge on any atom is 0.309 e. The van der Waals surface area contributed by atoms with E-state index in [-0.39, 0.29) is 57.3 Å². The molecule has 8 atom stereocenters. The summed E-state index contributed by atoms with van der Waals surface area (Å²) < 4.78 is 34.6. The summed E-state index contributed by atoms with van der Waals surface area (Å²) in [5, 5.41) is 26.0. The highest BCUT2D eigenvalue weighted by molar-refractivity contribution is 5.76. The van der Waals surface area contributed by atoms with Crippen LogP contribution < -0.4 is 0 Å². The number of esters is 7. The zero-order valence-electron chi connectivity index (χ0n) is 33.1. The van der Waals surface area contributed by atoms with Crippen molar-refractivity contribution >= 4 is 53.7 Å². The zero-order valence-corrected chi connectivity index (χ0v) is 33.1. The molecule has 0 aromatic heterocycles. The molecular formula is C36H58O19. The molecule has 0 aromatic carbocycles. The molecule has 1 rings (SSSR count). The van der Waals surface area contributed by atoms with Crippen molar-refractivity contribution in [3.8, 4) is 0 Å². The van der Waals surface area contributed by atoms with Crippen molar-refractivity contribution in [3.63, 3.8) is 0 Å². The molecule has 0 aromatic rings. The second kappa shape index (κ2) is 28.6. The van der Waals surface area contributed by atoms with Gasteiger partial charge in [0, 0.05) is 6.42 Å². The van der Waals surface area contributed by atoms with E-state index in [0.29, 0.717) is 12.8 Å². The van der Waals surface area contributed by atoms with E-state index < -0.39 is 96.6 Å². The minimum atomic E-state index is -1.06. The lowest BCUT2D eigenvalue weighted by atomic mass is 10.2. The van der Waals surface area contributed by atoms with Gasteiger partial charge >= 0.3 is 53.7 Å². The van der Waals surface area contributed by atoms with Gasteiger partial charge in [-0.25, -0.2) is 0 Å². The van der Waals surface area contributed by atoms with E-state index in [4.69, 9.17) is 48.5 Å². The van der Waals surface area contributed by atoms with E-state index in [1.165, 1.54) is 27.7 Å². The van der Waals surface area contributed by atoms with Crippen LogP contribution in [0.5, 0.6) is 0 Å². The third-order valence-electron chi connectivity index (χ3n) is 6.44. The maximum absolute atomic E-state index is 11.4. The fourth-order valence-electron chi connectivity index (χ4n) is 4.32. The number of rotatable bonds is 16. The summed E-state index contributed by atoms with van der Waals surface area (Å²) in [5.74, 6) is -5.73. The molecule has 1 saturated heterocycles. The molecule has 19 nitrogen and oxygen atoms in total. The first-order chi connectivity index (χ1) is 25.4. The SMILES string of the molecule is CCCC(=O)O[C@H](C)CC(=O)O[C@H](C)CC(=O)O.C[C@@H]1CC(=O)O[C@H](C)CC(=O)O[C@H](C)CC(=O)O1.C[C@H](CC(=O)O)OC(=O)C[C@@H](C)OC(=O)C[C@@H](C)O. The number of hydrogen-bond acceptors (Lipinski definition) is 17. The van der Waals surface area contributed by atoms with Gasteiger partial charge in [0.15, 0.2) is 0 Å². The first-order valence-corrected chi connectivity index (χ1v) is 17.9. The number of carboxylic acids is 2. The second-order valence-electron chi connectivity index (χ2n) is 13.1. The number of hydrogen-bond donors (Lipinski definition) is 3. The lowest BCUT2D eigenvalue weighted by Crippen LogP contribution is -2.29. The van der Waals surface area contributed by atoms with Crippen molar-refractivity contribution in [2.45, 2.75) is 175 Å². The van der Waals surface area contributed by atoms with Crippen molar-refractivity contribution in [2.24, 2.45) is 0 Å². The molecule has 1 heterocycles. The Morgan fingerprint density at radius 1 is 0.545 bits per heavy atom. The zero-order chi connectivity index (χ0) is 42.8. The summed E-state index contributed by atoms with van der Waals surface area (Å²) in [5.41, 5.74) is 0. The van der Waals surface area contributed by atoms with Crippen molar-refractivity contribution in [1.82, 2.24) is 0 Å². The highest BCUT2D eigenvalue weighted by Gasteiger charge is 2.24. The Labute approximate surface area is 320 Å². The summed E-state index contributed by atoms with van der Waals surface area (Å²) in [7, 11) is 0. The molecule has 0 spiro atoms. The lowest BCUT2D eigenvalue weighted by molar-refractivity contribution is -0.166. The summed E-state index contributed by atoms with van der Waals surface area (Å²) in [6, 6.07) is 0. The Hall–Kier alpha value is -4.81. The van der Waals surface area contributed by atoms with Crippen molar-refractivity contribution in [3.05, 3.63) is 0 Å². The molecule has 55 heavy (non-hydrogen) atoms. The summed E-state index contributed by atoms with van der Waals surface area (Å²) >= 11 is 0. The standard InChI is InChI=1S/C12H20O7.C12H18O6.C12H20O6/c1-7(13)4-11(16)19-9(3)6-12(17)18-8(2)5-10(14)15;1-7-4-10(13)17-9(3)6-12(15)18-8(2)5-11(14)16-7;1-4-5-11(15)17-9(3)7-12(16)18-8(2)6-10(13)14/h7-9,13H,4-6H2,1-3H3,(H,14,15);7-9H,4-6H2,1-3H3;8-9H,4-7H2,1-3H3,(H,13,14)/t2*7-,8-,9-;8-,9-/m111/s1. The summed E-state index contributed by atoms with van der Waals surface area (Å²) in [4.78, 5) is 100. The molecule has 1 fully saturated rings. The topological polar surface area (TPSA) is 279 Å². The maximum atomic E-state index is 11.4. The molecule has 3 N–H and O–H groups in total. The quantitative estimate of drug-likeness (QED) is 0.150. The van der Waals surface area contributed by atoms with Crippen LogP contribution in [0.15, 0.2) is 0 Å². The largest absolute Gasteiger partial charge is 0.481 e. The van der Waals surface area contributed by atoms with Crippen LogP contribution in [0.25, 0.3) is 0 Å². The Morgan fingerprint density at radius 2 is 0.818 bits per heavy atom. The molecule has 1 aliphatic heterocycles. The Kier molecular flexibility index (Phi) is 27.2. The molecule has 0 saturated carbocycles. The van der Waals surface area contributed by atoms with Gasteiger partial charge in [-0.3, -0.25) is 43.2 Å². The van der Waals surface area contributed by atoms with E-state index >= 15 is 0 Å². The molecule has 19 heteroatoms. The minimum absolute atomic E-state index is 0.0144. The number of ether oxygens (including phenoxy) is 7. The van der Waals surface area contributed by atoms with Gasteiger partial charge in [0.25, 0.3) is 0 Å². The molecule has 0 aliphatic carbocycles. The summed E-state index contributed by atoms with van der Waals surface area (Å²) in [6.45, 7) is 14.2. The molecule has 0 radical (unpaired) electrons. The average molecular weight is 795 g/mol. The Morgan fingerprint density at radius 3 is 1.09 bits per heavy atom. The highest BCUT2D eigenvalue weighted by Crippen LogP contribution is 2.12. The van der Waals surface area contributed by atoms with Gasteiger partial charge in [-0.15, -0.1) is 0 Å². The Balaban J connectivity index is 0. The number of carbonyl (C=O) groups excluding carboxylic acids is 7. The fraction of sp³-hybridized carbons (Fsp3) is 0.750. The summed E-state index contributed by atoms with van der Waals surface area (Å²) in [6.07, 6.45) is -5.02. The third-order valence-corrected chi connectivity index (χ3v) is 6.44. The van der Waals surface area contributed by atoms with Gasteiger partial charge in [0.1, 0.15) is 42.7 Å². The van der Waals surface area contributed by atoms with E-state index in [2.05, 4.69) is 0 Å². The number of aliphatic carboxylic acids is 2. The van der Waals surface area contributed by atoms with Gasteiger partial charge in [0.2, 0.25) is 0 Å². The minimum Gasteiger partial charge on any atom is -0.481 e. The van der Waals surface area contributed by atoms with Crippen LogP contribution in [0.4, 0.5) is 0 Å². The molecular weight excluding hydrogens is 736 g/mol. The third kappa shape index (κ3) is 32.4. The van der Waals surface area contributed by atoms with Gasteiger partial charge in [-0.1, -0.05) is 6.92 Å². The smallest absolute Gasteiger partial charge is 0.309 e. The monoisotopic (exact) mass is 794 g/mol. The van der Waals surface area contributed by atoms with Crippen molar-refractivity contribution < 1.29 is 91.6 Å². The number of aliphatic hydroxyl groups excluding tert-OH is 1. The first kappa shape index (κ1) is 52.3. The number of aliphatic hydroxyl groups is 1. The number of carboxylic acid groups (broad SMARTS) is 2. The van der Waals surface area contributed by atoms with Crippen LogP contribution in [0.3, 0.4) is 0 Å².